The molecule has 0 spiro atoms. The Bertz CT molecular complexity index is 876. The number of Topliss-reactive ketones (excluding diaryl/α,β-unsaturated/α-hetero) is 1. The minimum atomic E-state index is -0.308. The Hall–Kier alpha value is -2.66. The molecule has 0 radical (unpaired) electrons. The fraction of sp³-hybridized carbons (Fsp3) is 0.440. The van der Waals surface area contributed by atoms with Gasteiger partial charge >= 0.3 is 6.09 Å². The van der Waals surface area contributed by atoms with Crippen LogP contribution in [0.4, 0.5) is 4.79 Å². The Morgan fingerprint density at radius 1 is 0.967 bits per heavy atom. The van der Waals surface area contributed by atoms with E-state index >= 15 is 0 Å². The van der Waals surface area contributed by atoms with E-state index in [1.54, 1.807) is 0 Å². The molecule has 1 amide bonds. The summed E-state index contributed by atoms with van der Waals surface area (Å²) < 4.78 is 11.3. The number of ether oxygens (including phenoxy) is 2. The van der Waals surface area contributed by atoms with Gasteiger partial charge in [-0.05, 0) is 48.9 Å². The highest BCUT2D eigenvalue weighted by Gasteiger charge is 2.44. The lowest BCUT2D eigenvalue weighted by Gasteiger charge is -2.47. The van der Waals surface area contributed by atoms with Crippen molar-refractivity contribution >= 4 is 11.9 Å². The van der Waals surface area contributed by atoms with Gasteiger partial charge in [-0.25, -0.2) is 4.79 Å². The van der Waals surface area contributed by atoms with E-state index in [4.69, 9.17) is 9.47 Å². The zero-order valence-corrected chi connectivity index (χ0v) is 17.7. The van der Waals surface area contributed by atoms with Gasteiger partial charge in [-0.1, -0.05) is 48.5 Å². The van der Waals surface area contributed by atoms with Crippen molar-refractivity contribution in [3.8, 4) is 0 Å². The van der Waals surface area contributed by atoms with Gasteiger partial charge < -0.3 is 9.47 Å². The van der Waals surface area contributed by atoms with Crippen LogP contribution in [0.15, 0.2) is 48.5 Å². The normalized spacial score (nSPS) is 23.1. The van der Waals surface area contributed by atoms with Crippen LogP contribution in [0, 0.1) is 19.8 Å². The van der Waals surface area contributed by atoms with Gasteiger partial charge in [-0.15, -0.1) is 0 Å². The van der Waals surface area contributed by atoms with E-state index in [0.29, 0.717) is 32.5 Å². The Morgan fingerprint density at radius 3 is 2.23 bits per heavy atom. The van der Waals surface area contributed by atoms with Crippen LogP contribution in [0.5, 0.6) is 0 Å². The summed E-state index contributed by atoms with van der Waals surface area (Å²) in [6, 6.07) is 15.6. The molecule has 158 valence electrons. The molecule has 0 saturated carbocycles. The number of carbonyl (C=O) groups excluding carboxylic acids is 2. The first kappa shape index (κ1) is 20.6. The molecule has 2 bridgehead atoms. The van der Waals surface area contributed by atoms with Gasteiger partial charge in [0.1, 0.15) is 12.4 Å². The number of ketones is 1. The summed E-state index contributed by atoms with van der Waals surface area (Å²) in [5.74, 6) is 0.225. The summed E-state index contributed by atoms with van der Waals surface area (Å²) in [5.41, 5.74) is 4.42. The summed E-state index contributed by atoms with van der Waals surface area (Å²) in [6.07, 6.45) is 1.43. The number of amides is 1. The topological polar surface area (TPSA) is 55.8 Å². The number of benzene rings is 2. The van der Waals surface area contributed by atoms with Crippen LogP contribution in [0.1, 0.15) is 35.1 Å². The van der Waals surface area contributed by atoms with Crippen LogP contribution < -0.4 is 0 Å². The minimum absolute atomic E-state index is 0.0407. The van der Waals surface area contributed by atoms with Crippen molar-refractivity contribution in [2.45, 2.75) is 51.8 Å². The predicted octanol–water partition coefficient (Wildman–Crippen LogP) is 4.23. The number of aryl methyl sites for hydroxylation is 2. The van der Waals surface area contributed by atoms with Crippen molar-refractivity contribution in [3.63, 3.8) is 0 Å². The van der Waals surface area contributed by atoms with Crippen molar-refractivity contribution < 1.29 is 19.1 Å². The van der Waals surface area contributed by atoms with E-state index in [1.165, 1.54) is 0 Å². The van der Waals surface area contributed by atoms with Gasteiger partial charge in [-0.2, -0.15) is 0 Å². The zero-order valence-electron chi connectivity index (χ0n) is 17.7. The molecule has 2 unspecified atom stereocenters. The average molecular weight is 408 g/mol. The number of piperidine rings is 1. The molecule has 2 aliphatic heterocycles. The number of rotatable bonds is 5. The van der Waals surface area contributed by atoms with E-state index in [9.17, 15) is 9.59 Å². The lowest BCUT2D eigenvalue weighted by Crippen LogP contribution is -2.60. The molecule has 2 heterocycles. The number of hydrogen-bond donors (Lipinski definition) is 0. The van der Waals surface area contributed by atoms with Crippen LogP contribution in [0.3, 0.4) is 0 Å². The largest absolute Gasteiger partial charge is 0.445 e. The molecular formula is C25H29NO4. The van der Waals surface area contributed by atoms with Crippen molar-refractivity contribution in [2.75, 3.05) is 13.2 Å². The second-order valence-corrected chi connectivity index (χ2v) is 8.47. The Morgan fingerprint density at radius 2 is 1.60 bits per heavy atom. The first-order valence-electron chi connectivity index (χ1n) is 10.7. The molecule has 2 aromatic rings. The summed E-state index contributed by atoms with van der Waals surface area (Å²) >= 11 is 0. The summed E-state index contributed by atoms with van der Waals surface area (Å²) in [5, 5.41) is 0. The van der Waals surface area contributed by atoms with Gasteiger partial charge in [0.05, 0.1) is 25.3 Å². The fourth-order valence-corrected chi connectivity index (χ4v) is 4.72. The Balaban J connectivity index is 1.40. The van der Waals surface area contributed by atoms with Gasteiger partial charge in [0.25, 0.3) is 0 Å². The SMILES string of the molecule is Cc1cccc(C)c1CC(=O)C1CC2COCC(C1)N2C(=O)OCc1ccccc1. The van der Waals surface area contributed by atoms with Crippen molar-refractivity contribution in [2.24, 2.45) is 5.92 Å². The molecule has 5 heteroatoms. The van der Waals surface area contributed by atoms with Crippen LogP contribution in [-0.2, 0) is 27.3 Å². The van der Waals surface area contributed by atoms with Gasteiger partial charge in [0.15, 0.2) is 0 Å². The predicted molar refractivity (Wildman–Crippen MR) is 114 cm³/mol. The maximum Gasteiger partial charge on any atom is 0.410 e. The number of carbonyl (C=O) groups is 2. The van der Waals surface area contributed by atoms with Crippen molar-refractivity contribution in [1.29, 1.82) is 0 Å². The summed E-state index contributed by atoms with van der Waals surface area (Å²) in [6.45, 7) is 5.30. The zero-order chi connectivity index (χ0) is 21.1. The third kappa shape index (κ3) is 4.41. The average Bonchev–Trinajstić information content (AvgIpc) is 2.74. The number of hydrogen-bond acceptors (Lipinski definition) is 4. The third-order valence-electron chi connectivity index (χ3n) is 6.39. The molecule has 2 atom stereocenters. The molecular weight excluding hydrogens is 378 g/mol. The standard InChI is InChI=1S/C25H29NO4/c1-17-7-6-8-18(2)23(17)13-24(27)20-11-21-15-29-16-22(12-20)26(21)25(28)30-14-19-9-4-3-5-10-19/h3-10,20-22H,11-16H2,1-2H3. The van der Waals surface area contributed by atoms with E-state index in [1.807, 2.05) is 41.3 Å². The van der Waals surface area contributed by atoms with Crippen LogP contribution in [-0.4, -0.2) is 42.1 Å². The second-order valence-electron chi connectivity index (χ2n) is 8.47. The monoisotopic (exact) mass is 407 g/mol. The van der Waals surface area contributed by atoms with E-state index in [2.05, 4.69) is 26.0 Å². The maximum atomic E-state index is 13.1. The summed E-state index contributed by atoms with van der Waals surface area (Å²) in [7, 11) is 0. The molecule has 0 N–H and O–H groups in total. The van der Waals surface area contributed by atoms with Gasteiger partial charge in [-0.3, -0.25) is 9.69 Å². The van der Waals surface area contributed by atoms with Crippen molar-refractivity contribution in [1.82, 2.24) is 4.90 Å². The molecule has 30 heavy (non-hydrogen) atoms. The third-order valence-corrected chi connectivity index (χ3v) is 6.39. The highest BCUT2D eigenvalue weighted by atomic mass is 16.6. The maximum absolute atomic E-state index is 13.1. The molecule has 2 saturated heterocycles. The Kier molecular flexibility index (Phi) is 6.18. The number of fused-ring (bicyclic) bond motifs is 2. The molecule has 4 rings (SSSR count). The van der Waals surface area contributed by atoms with E-state index in [0.717, 1.165) is 22.3 Å². The van der Waals surface area contributed by atoms with E-state index in [-0.39, 0.29) is 36.5 Å². The molecule has 2 aliphatic rings. The van der Waals surface area contributed by atoms with Crippen LogP contribution >= 0.6 is 0 Å². The fourth-order valence-electron chi connectivity index (χ4n) is 4.72. The number of morpholine rings is 1. The van der Waals surface area contributed by atoms with Gasteiger partial charge in [0, 0.05) is 12.3 Å². The number of nitrogens with zero attached hydrogens (tertiary/aromatic N) is 1. The highest BCUT2D eigenvalue weighted by Crippen LogP contribution is 2.34. The molecule has 2 aromatic carbocycles. The molecule has 0 aliphatic carbocycles. The lowest BCUT2D eigenvalue weighted by molar-refractivity contribution is -0.130. The summed E-state index contributed by atoms with van der Waals surface area (Å²) in [4.78, 5) is 27.7. The quantitative estimate of drug-likeness (QED) is 0.744. The van der Waals surface area contributed by atoms with E-state index < -0.39 is 0 Å². The second kappa shape index (κ2) is 9.00. The van der Waals surface area contributed by atoms with Gasteiger partial charge in [0.2, 0.25) is 0 Å². The van der Waals surface area contributed by atoms with Crippen molar-refractivity contribution in [3.05, 3.63) is 70.8 Å². The molecule has 5 nitrogen and oxygen atoms in total. The highest BCUT2D eigenvalue weighted by molar-refractivity contribution is 5.84. The Labute approximate surface area is 178 Å². The molecule has 0 aromatic heterocycles. The smallest absolute Gasteiger partial charge is 0.410 e. The van der Waals surface area contributed by atoms with Crippen LogP contribution in [0.2, 0.25) is 0 Å². The molecule has 2 fully saturated rings. The first-order chi connectivity index (χ1) is 14.5. The lowest BCUT2D eigenvalue weighted by atomic mass is 9.80. The van der Waals surface area contributed by atoms with Crippen LogP contribution in [0.25, 0.3) is 0 Å². The first-order valence-corrected chi connectivity index (χ1v) is 10.7. The minimum Gasteiger partial charge on any atom is -0.445 e.